The van der Waals surface area contributed by atoms with Gasteiger partial charge in [-0.05, 0) is 18.2 Å². The zero-order valence-corrected chi connectivity index (χ0v) is 11.2. The van der Waals surface area contributed by atoms with Gasteiger partial charge < -0.3 is 9.30 Å². The van der Waals surface area contributed by atoms with Gasteiger partial charge >= 0.3 is 6.18 Å². The smallest absolute Gasteiger partial charge is 0.362 e. The highest BCUT2D eigenvalue weighted by atomic mass is 32.2. The molecule has 0 amide bonds. The Labute approximate surface area is 118 Å². The van der Waals surface area contributed by atoms with Crippen molar-refractivity contribution in [3.05, 3.63) is 53.9 Å². The first kappa shape index (κ1) is 13.6. The first-order valence-electron chi connectivity index (χ1n) is 6.13. The predicted octanol–water partition coefficient (Wildman–Crippen LogP) is 4.26. The molecule has 1 atom stereocenters. The number of thioether (sulfide) groups is 1. The van der Waals surface area contributed by atoms with Crippen LogP contribution in [0.5, 0.6) is 0 Å². The van der Waals surface area contributed by atoms with E-state index in [1.54, 1.807) is 36.3 Å². The van der Waals surface area contributed by atoms with Crippen LogP contribution in [0.1, 0.15) is 16.6 Å². The van der Waals surface area contributed by atoms with Crippen LogP contribution in [0, 0.1) is 0 Å². The fraction of sp³-hybridized carbons (Fsp3) is 0.286. The summed E-state index contributed by atoms with van der Waals surface area (Å²) in [7, 11) is 0. The summed E-state index contributed by atoms with van der Waals surface area (Å²) in [6, 6.07) is 7.36. The number of benzene rings is 1. The van der Waals surface area contributed by atoms with Gasteiger partial charge in [-0.25, -0.2) is 0 Å². The van der Waals surface area contributed by atoms with Gasteiger partial charge in [-0.15, -0.1) is 11.8 Å². The largest absolute Gasteiger partial charge is 0.418 e. The summed E-state index contributed by atoms with van der Waals surface area (Å²) in [5.74, 6) is 0.912. The molecule has 1 aliphatic heterocycles. The molecule has 2 nitrogen and oxygen atoms in total. The average molecular weight is 299 g/mol. The summed E-state index contributed by atoms with van der Waals surface area (Å²) < 4.78 is 46.0. The Morgan fingerprint density at radius 2 is 2.00 bits per heavy atom. The van der Waals surface area contributed by atoms with Gasteiger partial charge in [0, 0.05) is 23.7 Å². The minimum absolute atomic E-state index is 0.0747. The molecule has 0 radical (unpaired) electrons. The van der Waals surface area contributed by atoms with E-state index in [-0.39, 0.29) is 11.1 Å². The Morgan fingerprint density at radius 1 is 1.20 bits per heavy atom. The molecule has 1 aliphatic rings. The van der Waals surface area contributed by atoms with E-state index >= 15 is 0 Å². The molecule has 0 spiro atoms. The second-order valence-corrected chi connectivity index (χ2v) is 5.61. The fourth-order valence-corrected chi connectivity index (χ4v) is 3.12. The van der Waals surface area contributed by atoms with Crippen molar-refractivity contribution in [2.24, 2.45) is 0 Å². The van der Waals surface area contributed by atoms with E-state index in [1.165, 1.54) is 16.7 Å². The van der Waals surface area contributed by atoms with E-state index in [0.717, 1.165) is 17.4 Å². The van der Waals surface area contributed by atoms with Crippen LogP contribution in [-0.4, -0.2) is 16.9 Å². The summed E-state index contributed by atoms with van der Waals surface area (Å²) >= 11 is 1.66. The lowest BCUT2D eigenvalue weighted by molar-refractivity contribution is -0.137. The minimum Gasteiger partial charge on any atom is -0.362 e. The third-order valence-corrected chi connectivity index (χ3v) is 4.21. The lowest BCUT2D eigenvalue weighted by Crippen LogP contribution is -2.09. The standard InChI is InChI=1S/C14H12F3NOS/c15-14(16,17)11-3-1-2-4-12(11)18-6-5-10(9-18)13-19-7-8-20-13/h1-6,9,13H,7-8H2/t13-/m1/s1. The van der Waals surface area contributed by atoms with E-state index < -0.39 is 11.7 Å². The van der Waals surface area contributed by atoms with Gasteiger partial charge in [-0.1, -0.05) is 12.1 Å². The molecule has 20 heavy (non-hydrogen) atoms. The number of hydrogen-bond donors (Lipinski definition) is 0. The molecule has 0 bridgehead atoms. The topological polar surface area (TPSA) is 14.2 Å². The highest BCUT2D eigenvalue weighted by molar-refractivity contribution is 7.99. The zero-order valence-electron chi connectivity index (χ0n) is 10.4. The van der Waals surface area contributed by atoms with Crippen molar-refractivity contribution in [3.63, 3.8) is 0 Å². The van der Waals surface area contributed by atoms with Crippen molar-refractivity contribution in [2.45, 2.75) is 11.6 Å². The zero-order chi connectivity index (χ0) is 14.2. The van der Waals surface area contributed by atoms with Gasteiger partial charge in [-0.3, -0.25) is 0 Å². The number of hydrogen-bond acceptors (Lipinski definition) is 2. The maximum atomic E-state index is 13.0. The molecule has 1 aromatic heterocycles. The molecule has 3 rings (SSSR count). The van der Waals surface area contributed by atoms with Crippen LogP contribution in [0.2, 0.25) is 0 Å². The molecule has 1 saturated heterocycles. The number of ether oxygens (including phenoxy) is 1. The molecule has 2 heterocycles. The van der Waals surface area contributed by atoms with Crippen molar-refractivity contribution in [1.29, 1.82) is 0 Å². The van der Waals surface area contributed by atoms with Gasteiger partial charge in [0.15, 0.2) is 0 Å². The summed E-state index contributed by atoms with van der Waals surface area (Å²) in [6.45, 7) is 0.680. The Hall–Kier alpha value is -1.40. The number of nitrogens with zero attached hydrogens (tertiary/aromatic N) is 1. The summed E-state index contributed by atoms with van der Waals surface area (Å²) in [5.41, 5.74) is 0.315. The first-order chi connectivity index (χ1) is 9.55. The van der Waals surface area contributed by atoms with E-state index in [4.69, 9.17) is 4.74 Å². The van der Waals surface area contributed by atoms with Crippen molar-refractivity contribution in [2.75, 3.05) is 12.4 Å². The van der Waals surface area contributed by atoms with Gasteiger partial charge in [0.05, 0.1) is 17.9 Å². The molecule has 0 aliphatic carbocycles. The van der Waals surface area contributed by atoms with E-state index in [1.807, 2.05) is 0 Å². The van der Waals surface area contributed by atoms with Crippen molar-refractivity contribution < 1.29 is 17.9 Å². The molecule has 6 heteroatoms. The molecule has 1 aromatic carbocycles. The van der Waals surface area contributed by atoms with E-state index in [0.29, 0.717) is 6.61 Å². The Balaban J connectivity index is 1.97. The molecule has 0 N–H and O–H groups in total. The van der Waals surface area contributed by atoms with Crippen LogP contribution in [-0.2, 0) is 10.9 Å². The second kappa shape index (κ2) is 5.18. The molecule has 2 aromatic rings. The van der Waals surface area contributed by atoms with Crippen LogP contribution in [0.3, 0.4) is 0 Å². The molecule has 0 unspecified atom stereocenters. The first-order valence-corrected chi connectivity index (χ1v) is 7.18. The minimum atomic E-state index is -4.36. The Kier molecular flexibility index (Phi) is 3.52. The van der Waals surface area contributed by atoms with Crippen LogP contribution in [0.4, 0.5) is 13.2 Å². The van der Waals surface area contributed by atoms with Gasteiger partial charge in [-0.2, -0.15) is 13.2 Å². The van der Waals surface area contributed by atoms with Crippen molar-refractivity contribution in [1.82, 2.24) is 4.57 Å². The monoisotopic (exact) mass is 299 g/mol. The Bertz CT molecular complexity index is 602. The fourth-order valence-electron chi connectivity index (χ4n) is 2.19. The van der Waals surface area contributed by atoms with Crippen LogP contribution < -0.4 is 0 Å². The number of aromatic nitrogens is 1. The average Bonchev–Trinajstić information content (AvgIpc) is 3.09. The van der Waals surface area contributed by atoms with Gasteiger partial charge in [0.1, 0.15) is 5.44 Å². The summed E-state index contributed by atoms with van der Waals surface area (Å²) in [5, 5.41) is 0. The van der Waals surface area contributed by atoms with Gasteiger partial charge in [0.2, 0.25) is 0 Å². The van der Waals surface area contributed by atoms with Crippen LogP contribution in [0.25, 0.3) is 5.69 Å². The summed E-state index contributed by atoms with van der Waals surface area (Å²) in [6.07, 6.45) is -1.02. The second-order valence-electron chi connectivity index (χ2n) is 4.44. The normalized spacial score (nSPS) is 19.4. The van der Waals surface area contributed by atoms with Crippen molar-refractivity contribution >= 4 is 11.8 Å². The third kappa shape index (κ3) is 2.58. The van der Waals surface area contributed by atoms with Gasteiger partial charge in [0.25, 0.3) is 0 Å². The number of rotatable bonds is 2. The number of para-hydroxylation sites is 1. The lowest BCUT2D eigenvalue weighted by Gasteiger charge is -2.13. The lowest BCUT2D eigenvalue weighted by atomic mass is 10.1. The maximum absolute atomic E-state index is 13.0. The van der Waals surface area contributed by atoms with E-state index in [9.17, 15) is 13.2 Å². The Morgan fingerprint density at radius 3 is 2.70 bits per heavy atom. The van der Waals surface area contributed by atoms with Crippen molar-refractivity contribution in [3.8, 4) is 5.69 Å². The molecule has 106 valence electrons. The SMILES string of the molecule is FC(F)(F)c1ccccc1-n1ccc([C@@H]2OCCS2)c1. The highest BCUT2D eigenvalue weighted by Gasteiger charge is 2.33. The molecule has 0 saturated carbocycles. The molecular formula is C14H12F3NOS. The third-order valence-electron chi connectivity index (χ3n) is 3.10. The quantitative estimate of drug-likeness (QED) is 0.822. The van der Waals surface area contributed by atoms with E-state index in [2.05, 4.69) is 0 Å². The maximum Gasteiger partial charge on any atom is 0.418 e. The highest BCUT2D eigenvalue weighted by Crippen LogP contribution is 2.37. The number of alkyl halides is 3. The predicted molar refractivity (Wildman–Crippen MR) is 71.9 cm³/mol. The molecular weight excluding hydrogens is 287 g/mol. The van der Waals surface area contributed by atoms with Crippen LogP contribution in [0.15, 0.2) is 42.7 Å². The summed E-state index contributed by atoms with van der Waals surface area (Å²) in [4.78, 5) is 0. The van der Waals surface area contributed by atoms with Crippen LogP contribution >= 0.6 is 11.8 Å². The molecule has 1 fully saturated rings. The number of halogens is 3.